The molecule has 0 aliphatic carbocycles. The van der Waals surface area contributed by atoms with Gasteiger partial charge in [0.1, 0.15) is 5.75 Å². The van der Waals surface area contributed by atoms with E-state index in [1.54, 1.807) is 18.4 Å². The quantitative estimate of drug-likeness (QED) is 0.898. The SMILES string of the molecule is CCNC(c1ccc(OC)cc1)c1csc(C)n1. The topological polar surface area (TPSA) is 34.1 Å². The molecular weight excluding hydrogens is 244 g/mol. The summed E-state index contributed by atoms with van der Waals surface area (Å²) in [6.07, 6.45) is 0. The number of rotatable bonds is 5. The second-order valence-electron chi connectivity index (χ2n) is 4.06. The third kappa shape index (κ3) is 2.89. The van der Waals surface area contributed by atoms with Crippen LogP contribution in [0.2, 0.25) is 0 Å². The Kier molecular flexibility index (Phi) is 4.33. The Labute approximate surface area is 112 Å². The monoisotopic (exact) mass is 262 g/mol. The van der Waals surface area contributed by atoms with Crippen molar-refractivity contribution in [3.8, 4) is 5.75 Å². The van der Waals surface area contributed by atoms with Gasteiger partial charge in [0.05, 0.1) is 23.9 Å². The highest BCUT2D eigenvalue weighted by Crippen LogP contribution is 2.25. The molecule has 1 atom stereocenters. The summed E-state index contributed by atoms with van der Waals surface area (Å²) < 4.78 is 5.18. The number of nitrogens with zero attached hydrogens (tertiary/aromatic N) is 1. The summed E-state index contributed by atoms with van der Waals surface area (Å²) in [6, 6.07) is 8.30. The van der Waals surface area contributed by atoms with Crippen molar-refractivity contribution in [3.63, 3.8) is 0 Å². The molecule has 96 valence electrons. The van der Waals surface area contributed by atoms with E-state index in [1.165, 1.54) is 5.56 Å². The highest BCUT2D eigenvalue weighted by atomic mass is 32.1. The summed E-state index contributed by atoms with van der Waals surface area (Å²) in [4.78, 5) is 4.57. The number of hydrogen-bond donors (Lipinski definition) is 1. The number of thiazole rings is 1. The lowest BCUT2D eigenvalue weighted by Crippen LogP contribution is -2.22. The molecule has 0 spiro atoms. The van der Waals surface area contributed by atoms with Gasteiger partial charge in [0.2, 0.25) is 0 Å². The van der Waals surface area contributed by atoms with Crippen molar-refractivity contribution in [2.45, 2.75) is 19.9 Å². The minimum Gasteiger partial charge on any atom is -0.497 e. The Bertz CT molecular complexity index is 493. The molecule has 1 aromatic carbocycles. The zero-order chi connectivity index (χ0) is 13.0. The maximum atomic E-state index is 5.18. The van der Waals surface area contributed by atoms with Crippen LogP contribution in [-0.4, -0.2) is 18.6 Å². The summed E-state index contributed by atoms with van der Waals surface area (Å²) in [5.74, 6) is 0.878. The molecule has 0 aliphatic rings. The fourth-order valence-electron chi connectivity index (χ4n) is 1.91. The molecular formula is C14H18N2OS. The van der Waals surface area contributed by atoms with Gasteiger partial charge in [0.15, 0.2) is 0 Å². The number of hydrogen-bond acceptors (Lipinski definition) is 4. The van der Waals surface area contributed by atoms with E-state index in [-0.39, 0.29) is 6.04 Å². The molecule has 2 aromatic rings. The number of ether oxygens (including phenoxy) is 1. The number of benzene rings is 1. The maximum absolute atomic E-state index is 5.18. The Hall–Kier alpha value is -1.39. The largest absolute Gasteiger partial charge is 0.497 e. The molecule has 4 heteroatoms. The molecule has 3 nitrogen and oxygen atoms in total. The molecule has 0 bridgehead atoms. The summed E-state index contributed by atoms with van der Waals surface area (Å²) >= 11 is 1.69. The van der Waals surface area contributed by atoms with E-state index in [4.69, 9.17) is 4.74 Å². The van der Waals surface area contributed by atoms with Crippen molar-refractivity contribution >= 4 is 11.3 Å². The van der Waals surface area contributed by atoms with Crippen LogP contribution >= 0.6 is 11.3 Å². The van der Waals surface area contributed by atoms with Crippen molar-refractivity contribution in [1.29, 1.82) is 0 Å². The van der Waals surface area contributed by atoms with Crippen molar-refractivity contribution in [1.82, 2.24) is 10.3 Å². The zero-order valence-corrected chi connectivity index (χ0v) is 11.8. The fraction of sp³-hybridized carbons (Fsp3) is 0.357. The number of aromatic nitrogens is 1. The van der Waals surface area contributed by atoms with Crippen molar-refractivity contribution in [3.05, 3.63) is 45.9 Å². The molecule has 0 saturated heterocycles. The van der Waals surface area contributed by atoms with Crippen LogP contribution in [0, 0.1) is 6.92 Å². The Morgan fingerprint density at radius 1 is 1.33 bits per heavy atom. The summed E-state index contributed by atoms with van der Waals surface area (Å²) in [5, 5.41) is 6.69. The molecule has 0 aliphatic heterocycles. The van der Waals surface area contributed by atoms with Gasteiger partial charge in [-0.15, -0.1) is 11.3 Å². The van der Waals surface area contributed by atoms with Crippen LogP contribution in [0.5, 0.6) is 5.75 Å². The Morgan fingerprint density at radius 2 is 2.06 bits per heavy atom. The van der Waals surface area contributed by atoms with E-state index in [0.717, 1.165) is 23.0 Å². The first-order chi connectivity index (χ1) is 8.74. The smallest absolute Gasteiger partial charge is 0.118 e. The molecule has 0 radical (unpaired) electrons. The van der Waals surface area contributed by atoms with Gasteiger partial charge < -0.3 is 10.1 Å². The lowest BCUT2D eigenvalue weighted by molar-refractivity contribution is 0.414. The van der Waals surface area contributed by atoms with Gasteiger partial charge >= 0.3 is 0 Å². The normalized spacial score (nSPS) is 12.4. The molecule has 18 heavy (non-hydrogen) atoms. The standard InChI is InChI=1S/C14H18N2OS/c1-4-15-14(13-9-18-10(2)16-13)11-5-7-12(17-3)8-6-11/h5-9,14-15H,4H2,1-3H3. The zero-order valence-electron chi connectivity index (χ0n) is 10.9. The molecule has 1 heterocycles. The van der Waals surface area contributed by atoms with E-state index >= 15 is 0 Å². The second-order valence-corrected chi connectivity index (χ2v) is 5.12. The van der Waals surface area contributed by atoms with Gasteiger partial charge in [-0.05, 0) is 31.2 Å². The second kappa shape index (κ2) is 5.98. The van der Waals surface area contributed by atoms with Crippen LogP contribution < -0.4 is 10.1 Å². The van der Waals surface area contributed by atoms with Crippen LogP contribution in [0.1, 0.15) is 29.2 Å². The first kappa shape index (κ1) is 13.1. The van der Waals surface area contributed by atoms with Crippen LogP contribution in [0.4, 0.5) is 0 Å². The van der Waals surface area contributed by atoms with Crippen LogP contribution in [0.25, 0.3) is 0 Å². The van der Waals surface area contributed by atoms with Gasteiger partial charge in [-0.25, -0.2) is 4.98 Å². The molecule has 0 amide bonds. The van der Waals surface area contributed by atoms with Gasteiger partial charge in [0.25, 0.3) is 0 Å². The number of nitrogens with one attached hydrogen (secondary N) is 1. The molecule has 0 fully saturated rings. The average molecular weight is 262 g/mol. The van der Waals surface area contributed by atoms with Crippen molar-refractivity contribution in [2.75, 3.05) is 13.7 Å². The Morgan fingerprint density at radius 3 is 2.56 bits per heavy atom. The third-order valence-electron chi connectivity index (χ3n) is 2.79. The molecule has 2 rings (SSSR count). The van der Waals surface area contributed by atoms with E-state index in [1.807, 2.05) is 19.1 Å². The maximum Gasteiger partial charge on any atom is 0.118 e. The molecule has 0 saturated carbocycles. The first-order valence-electron chi connectivity index (χ1n) is 6.04. The number of aryl methyl sites for hydroxylation is 1. The highest BCUT2D eigenvalue weighted by molar-refractivity contribution is 7.09. The minimum absolute atomic E-state index is 0.158. The van der Waals surface area contributed by atoms with Gasteiger partial charge in [-0.2, -0.15) is 0 Å². The van der Waals surface area contributed by atoms with E-state index in [2.05, 4.69) is 34.7 Å². The molecule has 1 N–H and O–H groups in total. The van der Waals surface area contributed by atoms with Gasteiger partial charge in [-0.3, -0.25) is 0 Å². The van der Waals surface area contributed by atoms with Crippen molar-refractivity contribution < 1.29 is 4.74 Å². The summed E-state index contributed by atoms with van der Waals surface area (Å²) in [5.41, 5.74) is 2.30. The van der Waals surface area contributed by atoms with Gasteiger partial charge in [-0.1, -0.05) is 19.1 Å². The van der Waals surface area contributed by atoms with Crippen molar-refractivity contribution in [2.24, 2.45) is 0 Å². The Balaban J connectivity index is 2.28. The van der Waals surface area contributed by atoms with E-state index < -0.39 is 0 Å². The fourth-order valence-corrected chi connectivity index (χ4v) is 2.54. The third-order valence-corrected chi connectivity index (χ3v) is 3.58. The van der Waals surface area contributed by atoms with Crippen LogP contribution in [0.15, 0.2) is 29.6 Å². The van der Waals surface area contributed by atoms with E-state index in [0.29, 0.717) is 0 Å². The number of methoxy groups -OCH3 is 1. The lowest BCUT2D eigenvalue weighted by atomic mass is 10.0. The van der Waals surface area contributed by atoms with Crippen LogP contribution in [-0.2, 0) is 0 Å². The summed E-state index contributed by atoms with van der Waals surface area (Å²) in [6.45, 7) is 5.05. The summed E-state index contributed by atoms with van der Waals surface area (Å²) in [7, 11) is 1.68. The van der Waals surface area contributed by atoms with Gasteiger partial charge in [0, 0.05) is 5.38 Å². The average Bonchev–Trinajstić information content (AvgIpc) is 2.82. The highest BCUT2D eigenvalue weighted by Gasteiger charge is 2.15. The first-order valence-corrected chi connectivity index (χ1v) is 6.92. The predicted molar refractivity (Wildman–Crippen MR) is 75.4 cm³/mol. The molecule has 1 aromatic heterocycles. The van der Waals surface area contributed by atoms with E-state index in [9.17, 15) is 0 Å². The lowest BCUT2D eigenvalue weighted by Gasteiger charge is -2.16. The minimum atomic E-state index is 0.158. The molecule has 1 unspecified atom stereocenters. The predicted octanol–water partition coefficient (Wildman–Crippen LogP) is 3.16. The van der Waals surface area contributed by atoms with Crippen LogP contribution in [0.3, 0.4) is 0 Å².